The van der Waals surface area contributed by atoms with Crippen molar-refractivity contribution in [3.05, 3.63) is 125 Å². The zero-order valence-corrected chi connectivity index (χ0v) is 43.1. The van der Waals surface area contributed by atoms with Crippen molar-refractivity contribution >= 4 is 72.8 Å². The Morgan fingerprint density at radius 1 is 0.882 bits per heavy atom. The van der Waals surface area contributed by atoms with Crippen molar-refractivity contribution in [3.63, 3.8) is 0 Å². The molecule has 3 aromatic heterocycles. The Kier molecular flexibility index (Phi) is 14.0. The topological polar surface area (TPSA) is 175 Å². The third kappa shape index (κ3) is 10.3. The number of carbonyl (C=O) groups is 4. The first-order valence-corrected chi connectivity index (χ1v) is 26.9. The third-order valence-electron chi connectivity index (χ3n) is 15.8. The maximum Gasteiger partial charge on any atom is 0.405 e. The molecular formula is C57H58F3N9O6S. The highest BCUT2D eigenvalue weighted by Gasteiger charge is 2.46. The van der Waals surface area contributed by atoms with E-state index in [9.17, 15) is 37.5 Å². The summed E-state index contributed by atoms with van der Waals surface area (Å²) in [5.41, 5.74) is 7.09. The number of aromatic nitrogens is 4. The average molecular weight is 1050 g/mol. The first-order valence-electron chi connectivity index (χ1n) is 26.0. The van der Waals surface area contributed by atoms with Crippen LogP contribution in [0.25, 0.3) is 32.2 Å². The Balaban J connectivity index is 0.688. The molecule has 3 aliphatic heterocycles. The van der Waals surface area contributed by atoms with Crippen LogP contribution in [0.15, 0.2) is 91.0 Å². The van der Waals surface area contributed by atoms with Gasteiger partial charge in [-0.15, -0.1) is 0 Å². The number of fused-ring (bicyclic) bond motifs is 3. The van der Waals surface area contributed by atoms with Crippen molar-refractivity contribution in [2.75, 3.05) is 47.8 Å². The Hall–Kier alpha value is -7.38. The van der Waals surface area contributed by atoms with Gasteiger partial charge in [0, 0.05) is 68.4 Å². The molecule has 3 N–H and O–H groups in total. The highest BCUT2D eigenvalue weighted by molar-refractivity contribution is 7.22. The van der Waals surface area contributed by atoms with E-state index in [0.29, 0.717) is 102 Å². The van der Waals surface area contributed by atoms with E-state index in [4.69, 9.17) is 9.72 Å². The molecule has 6 heterocycles. The average Bonchev–Trinajstić information content (AvgIpc) is 3.99. The number of nitrogens with one attached hydrogen (secondary N) is 2. The minimum absolute atomic E-state index is 0.0583. The van der Waals surface area contributed by atoms with Crippen LogP contribution >= 0.6 is 11.3 Å². The minimum atomic E-state index is -4.42. The zero-order chi connectivity index (χ0) is 52.8. The van der Waals surface area contributed by atoms with Crippen LogP contribution in [-0.2, 0) is 29.6 Å². The Morgan fingerprint density at radius 2 is 1.70 bits per heavy atom. The third-order valence-corrected chi connectivity index (χ3v) is 16.8. The fraction of sp³-hybridized carbons (Fsp3) is 0.386. The van der Waals surface area contributed by atoms with Crippen LogP contribution < -0.4 is 25.2 Å². The van der Waals surface area contributed by atoms with Gasteiger partial charge in [-0.25, -0.2) is 14.8 Å². The number of hydrogen-bond acceptors (Lipinski definition) is 12. The Morgan fingerprint density at radius 3 is 2.49 bits per heavy atom. The lowest BCUT2D eigenvalue weighted by molar-refractivity contribution is -0.184. The number of hydrogen-bond donors (Lipinski definition) is 3. The number of pyridine rings is 1. The number of halogens is 3. The lowest BCUT2D eigenvalue weighted by Crippen LogP contribution is -2.59. The number of carbonyl (C=O) groups excluding carboxylic acids is 3. The van der Waals surface area contributed by atoms with Crippen molar-refractivity contribution in [1.82, 2.24) is 30.0 Å². The number of piperazine rings is 1. The number of alkyl halides is 3. The molecule has 3 amide bonds. The molecule has 1 aliphatic carbocycles. The van der Waals surface area contributed by atoms with Crippen LogP contribution in [0.5, 0.6) is 5.75 Å². The number of imide groups is 1. The lowest BCUT2D eigenvalue weighted by Gasteiger charge is -2.43. The number of rotatable bonds is 13. The molecule has 15 nitrogen and oxygen atoms in total. The maximum absolute atomic E-state index is 14.7. The molecule has 76 heavy (non-hydrogen) atoms. The molecule has 4 aromatic carbocycles. The van der Waals surface area contributed by atoms with Gasteiger partial charge in [0.1, 0.15) is 17.6 Å². The van der Waals surface area contributed by atoms with Gasteiger partial charge < -0.3 is 19.6 Å². The molecule has 0 spiro atoms. The molecule has 1 saturated carbocycles. The quantitative estimate of drug-likeness (QED) is 0.0934. The summed E-state index contributed by atoms with van der Waals surface area (Å²) < 4.78 is 53.4. The van der Waals surface area contributed by atoms with Crippen molar-refractivity contribution < 1.29 is 42.2 Å². The second-order valence-electron chi connectivity index (χ2n) is 20.5. The van der Waals surface area contributed by atoms with E-state index in [1.54, 1.807) is 39.7 Å². The standard InChI is InChI=1S/C57H58F3N9O6S/c1-33-38(39-21-23-49(62-52(39)55(73)74)69-27-25-35-9-5-11-40(43(35)31-69)53(71)64-56-61-44-12-3-4-14-47(44)76-56)10-6-13-46(33)75-37-18-15-34(16-19-37)8-7-26-67-28-29-68(32-48(67)57(58,59)60)36-17-20-41-45(30-36)66(2)65-51(41)42-22-24-50(70)63-54(42)72/h3-6,9-14,17,20-21,23,30,34,37,42,48H,7-8,15-16,18-19,22,24-29,31-32H2,1-2H3,(H,73,74)(H,61,64,71)(H,63,70,72)/t34?,37?,42-,48-/m1/s1. The van der Waals surface area contributed by atoms with Gasteiger partial charge in [-0.2, -0.15) is 18.3 Å². The second-order valence-corrected chi connectivity index (χ2v) is 21.5. The first kappa shape index (κ1) is 50.8. The van der Waals surface area contributed by atoms with E-state index >= 15 is 0 Å². The number of thiazole rings is 1. The molecule has 7 aromatic rings. The van der Waals surface area contributed by atoms with Gasteiger partial charge in [-0.05, 0) is 148 Å². The van der Waals surface area contributed by atoms with E-state index in [0.717, 1.165) is 64.4 Å². The molecule has 0 radical (unpaired) electrons. The first-order chi connectivity index (χ1) is 36.6. The van der Waals surface area contributed by atoms with Crippen molar-refractivity contribution in [3.8, 4) is 16.9 Å². The molecule has 19 heteroatoms. The number of carboxylic acid groups (broad SMARTS) is 1. The van der Waals surface area contributed by atoms with Crippen molar-refractivity contribution in [2.45, 2.75) is 95.5 Å². The van der Waals surface area contributed by atoms with Gasteiger partial charge >= 0.3 is 12.1 Å². The number of aromatic carboxylic acids is 1. The zero-order valence-electron chi connectivity index (χ0n) is 42.2. The highest BCUT2D eigenvalue weighted by Crippen LogP contribution is 2.39. The summed E-state index contributed by atoms with van der Waals surface area (Å²) in [6.07, 6.45) is 1.62. The molecule has 4 aliphatic rings. The number of para-hydroxylation sites is 1. The van der Waals surface area contributed by atoms with Crippen LogP contribution in [0, 0.1) is 12.8 Å². The number of piperidine rings is 1. The second kappa shape index (κ2) is 21.0. The van der Waals surface area contributed by atoms with Crippen LogP contribution in [0.3, 0.4) is 0 Å². The van der Waals surface area contributed by atoms with E-state index in [-0.39, 0.29) is 49.0 Å². The van der Waals surface area contributed by atoms with Gasteiger partial charge in [-0.3, -0.25) is 34.6 Å². The number of aryl methyl sites for hydroxylation is 1. The monoisotopic (exact) mass is 1050 g/mol. The van der Waals surface area contributed by atoms with Crippen LogP contribution in [0.1, 0.15) is 101 Å². The van der Waals surface area contributed by atoms with Gasteiger partial charge in [0.2, 0.25) is 11.8 Å². The van der Waals surface area contributed by atoms with Gasteiger partial charge in [0.15, 0.2) is 10.8 Å². The van der Waals surface area contributed by atoms with Gasteiger partial charge in [0.25, 0.3) is 5.91 Å². The predicted octanol–water partition coefficient (Wildman–Crippen LogP) is 10.1. The van der Waals surface area contributed by atoms with Crippen molar-refractivity contribution in [2.24, 2.45) is 13.0 Å². The maximum atomic E-state index is 14.7. The number of anilines is 3. The van der Waals surface area contributed by atoms with E-state index < -0.39 is 24.1 Å². The number of amides is 3. The largest absolute Gasteiger partial charge is 0.490 e. The number of nitrogens with zero attached hydrogens (tertiary/aromatic N) is 7. The molecule has 11 rings (SSSR count). The fourth-order valence-electron chi connectivity index (χ4n) is 11.7. The Bertz CT molecular complexity index is 3360. The summed E-state index contributed by atoms with van der Waals surface area (Å²) in [6, 6.07) is 26.5. The summed E-state index contributed by atoms with van der Waals surface area (Å²) in [6.45, 7) is 3.75. The SMILES string of the molecule is Cc1c(OC2CCC(CCCN3CCN(c4ccc5c([C@H]6CCC(=O)NC6=O)nn(C)c5c4)C[C@@H]3C(F)(F)F)CC2)cccc1-c1ccc(N2CCc3cccc(C(=O)Nc4nc5ccccc5s4)c3C2)nc1C(=O)O. The summed E-state index contributed by atoms with van der Waals surface area (Å²) >= 11 is 1.41. The summed E-state index contributed by atoms with van der Waals surface area (Å²) in [7, 11) is 1.75. The van der Waals surface area contributed by atoms with Crippen LogP contribution in [0.2, 0.25) is 0 Å². The molecule has 2 atom stereocenters. The predicted molar refractivity (Wildman–Crippen MR) is 285 cm³/mol. The highest BCUT2D eigenvalue weighted by atomic mass is 32.1. The molecule has 0 bridgehead atoms. The van der Waals surface area contributed by atoms with Crippen molar-refractivity contribution in [1.29, 1.82) is 0 Å². The number of carboxylic acids is 1. The summed E-state index contributed by atoms with van der Waals surface area (Å²) in [4.78, 5) is 65.6. The number of ether oxygens (including phenoxy) is 1. The normalized spacial score (nSPS) is 20.4. The molecular weight excluding hydrogens is 996 g/mol. The smallest absolute Gasteiger partial charge is 0.405 e. The molecule has 394 valence electrons. The lowest BCUT2D eigenvalue weighted by atomic mass is 9.84. The fourth-order valence-corrected chi connectivity index (χ4v) is 12.6. The minimum Gasteiger partial charge on any atom is -0.490 e. The van der Waals surface area contributed by atoms with E-state index in [2.05, 4.69) is 20.7 Å². The molecule has 2 saturated heterocycles. The summed E-state index contributed by atoms with van der Waals surface area (Å²) in [5.74, 6) is -1.15. The molecule has 0 unspecified atom stereocenters. The van der Waals surface area contributed by atoms with E-state index in [1.165, 1.54) is 11.3 Å². The van der Waals surface area contributed by atoms with Gasteiger partial charge in [0.05, 0.1) is 33.4 Å². The Labute approximate surface area is 441 Å². The van der Waals surface area contributed by atoms with Gasteiger partial charge in [-0.1, -0.05) is 47.7 Å². The molecule has 3 fully saturated rings. The number of benzene rings is 4. The summed E-state index contributed by atoms with van der Waals surface area (Å²) in [5, 5.41) is 21.8. The van der Waals surface area contributed by atoms with Crippen LogP contribution in [0.4, 0.5) is 29.8 Å². The van der Waals surface area contributed by atoms with E-state index in [1.807, 2.05) is 84.6 Å². The van der Waals surface area contributed by atoms with Crippen LogP contribution in [-0.4, -0.2) is 104 Å².